The molecule has 6 heteroatoms. The molecule has 1 aromatic carbocycles. The van der Waals surface area contributed by atoms with E-state index >= 15 is 0 Å². The van der Waals surface area contributed by atoms with Crippen molar-refractivity contribution in [3.63, 3.8) is 0 Å². The number of aliphatic carboxylic acids is 1. The summed E-state index contributed by atoms with van der Waals surface area (Å²) in [6.07, 6.45) is 8.28. The molecule has 0 radical (unpaired) electrons. The Morgan fingerprint density at radius 3 is 2.73 bits per heavy atom. The molecule has 1 aliphatic heterocycles. The van der Waals surface area contributed by atoms with Gasteiger partial charge in [0.15, 0.2) is 0 Å². The summed E-state index contributed by atoms with van der Waals surface area (Å²) in [5.74, 6) is -0.738. The Kier molecular flexibility index (Phi) is 4.26. The summed E-state index contributed by atoms with van der Waals surface area (Å²) in [7, 11) is 0. The van der Waals surface area contributed by atoms with Crippen molar-refractivity contribution < 1.29 is 14.7 Å². The van der Waals surface area contributed by atoms with Gasteiger partial charge in [-0.25, -0.2) is 9.48 Å². The maximum Gasteiger partial charge on any atom is 0.326 e. The van der Waals surface area contributed by atoms with Crippen LogP contribution in [0.1, 0.15) is 48.0 Å². The monoisotopic (exact) mass is 353 g/mol. The lowest BCUT2D eigenvalue weighted by atomic mass is 9.84. The average Bonchev–Trinajstić information content (AvgIpc) is 3.28. The van der Waals surface area contributed by atoms with Crippen LogP contribution in [0.25, 0.3) is 5.69 Å². The van der Waals surface area contributed by atoms with Crippen LogP contribution >= 0.6 is 0 Å². The van der Waals surface area contributed by atoms with Crippen molar-refractivity contribution in [2.24, 2.45) is 5.92 Å². The number of carboxylic acid groups (broad SMARTS) is 1. The Balaban J connectivity index is 1.65. The van der Waals surface area contributed by atoms with Crippen LogP contribution < -0.4 is 0 Å². The zero-order chi connectivity index (χ0) is 18.3. The molecule has 2 aromatic rings. The van der Waals surface area contributed by atoms with Gasteiger partial charge in [-0.05, 0) is 61.9 Å². The Labute approximate surface area is 152 Å². The first-order chi connectivity index (χ1) is 12.6. The highest BCUT2D eigenvalue weighted by Crippen LogP contribution is 2.40. The summed E-state index contributed by atoms with van der Waals surface area (Å²) in [5, 5.41) is 13.9. The van der Waals surface area contributed by atoms with Gasteiger partial charge < -0.3 is 10.0 Å². The molecule has 2 aliphatic rings. The molecule has 2 heterocycles. The zero-order valence-electron chi connectivity index (χ0n) is 14.8. The number of fused-ring (bicyclic) bond motifs is 1. The largest absolute Gasteiger partial charge is 0.480 e. The first-order valence-electron chi connectivity index (χ1n) is 9.22. The molecule has 2 fully saturated rings. The van der Waals surface area contributed by atoms with E-state index in [1.807, 2.05) is 31.3 Å². The van der Waals surface area contributed by atoms with E-state index in [4.69, 9.17) is 0 Å². The second-order valence-electron chi connectivity index (χ2n) is 7.37. The molecule has 3 atom stereocenters. The van der Waals surface area contributed by atoms with E-state index in [0.717, 1.165) is 36.9 Å². The molecular formula is C20H23N3O3. The summed E-state index contributed by atoms with van der Waals surface area (Å²) in [6.45, 7) is 1.94. The van der Waals surface area contributed by atoms with Crippen molar-refractivity contribution in [3.05, 3.63) is 47.8 Å². The molecule has 1 aromatic heterocycles. The lowest BCUT2D eigenvalue weighted by molar-refractivity contribution is -0.141. The van der Waals surface area contributed by atoms with Crippen LogP contribution in [0.15, 0.2) is 36.7 Å². The smallest absolute Gasteiger partial charge is 0.326 e. The van der Waals surface area contributed by atoms with Crippen LogP contribution in [0.4, 0.5) is 0 Å². The minimum absolute atomic E-state index is 0.0587. The van der Waals surface area contributed by atoms with Gasteiger partial charge in [0.2, 0.25) is 0 Å². The van der Waals surface area contributed by atoms with Gasteiger partial charge in [-0.1, -0.05) is 12.8 Å². The van der Waals surface area contributed by atoms with Crippen LogP contribution in [-0.4, -0.2) is 43.7 Å². The van der Waals surface area contributed by atoms with Crippen molar-refractivity contribution in [1.82, 2.24) is 14.7 Å². The zero-order valence-corrected chi connectivity index (χ0v) is 14.8. The number of likely N-dealkylation sites (tertiary alicyclic amines) is 1. The van der Waals surface area contributed by atoms with Crippen molar-refractivity contribution in [2.45, 2.75) is 51.1 Å². The minimum atomic E-state index is -0.891. The molecule has 136 valence electrons. The van der Waals surface area contributed by atoms with E-state index < -0.39 is 12.0 Å². The third-order valence-corrected chi connectivity index (χ3v) is 5.80. The molecule has 0 bridgehead atoms. The van der Waals surface area contributed by atoms with Crippen molar-refractivity contribution >= 4 is 11.9 Å². The minimum Gasteiger partial charge on any atom is -0.480 e. The average molecular weight is 353 g/mol. The van der Waals surface area contributed by atoms with E-state index in [9.17, 15) is 14.7 Å². The highest BCUT2D eigenvalue weighted by atomic mass is 16.4. The highest BCUT2D eigenvalue weighted by Gasteiger charge is 2.47. The van der Waals surface area contributed by atoms with Gasteiger partial charge in [0, 0.05) is 24.0 Å². The molecule has 1 N–H and O–H groups in total. The maximum atomic E-state index is 13.2. The summed E-state index contributed by atoms with van der Waals surface area (Å²) >= 11 is 0. The predicted molar refractivity (Wildman–Crippen MR) is 96.3 cm³/mol. The van der Waals surface area contributed by atoms with Crippen molar-refractivity contribution in [1.29, 1.82) is 0 Å². The number of hydrogen-bond acceptors (Lipinski definition) is 3. The molecule has 3 unspecified atom stereocenters. The SMILES string of the molecule is Cc1cc(C(=O)N2C(C(=O)O)CC3CCCCC32)ccc1-n1cccn1. The Morgan fingerprint density at radius 2 is 2.04 bits per heavy atom. The Hall–Kier alpha value is -2.63. The van der Waals surface area contributed by atoms with Gasteiger partial charge in [0.05, 0.1) is 5.69 Å². The predicted octanol–water partition coefficient (Wildman–Crippen LogP) is 3.04. The second kappa shape index (κ2) is 6.59. The van der Waals surface area contributed by atoms with Gasteiger partial charge >= 0.3 is 5.97 Å². The number of rotatable bonds is 3. The molecule has 4 rings (SSSR count). The van der Waals surface area contributed by atoms with Gasteiger partial charge in [-0.3, -0.25) is 4.79 Å². The molecule has 1 amide bonds. The molecule has 1 saturated carbocycles. The number of hydrogen-bond donors (Lipinski definition) is 1. The maximum absolute atomic E-state index is 13.2. The number of carbonyl (C=O) groups excluding carboxylic acids is 1. The summed E-state index contributed by atoms with van der Waals surface area (Å²) in [6, 6.07) is 6.70. The number of carbonyl (C=O) groups is 2. The molecule has 26 heavy (non-hydrogen) atoms. The highest BCUT2D eigenvalue weighted by molar-refractivity contribution is 5.97. The van der Waals surface area contributed by atoms with Gasteiger partial charge in [-0.15, -0.1) is 0 Å². The van der Waals surface area contributed by atoms with E-state index in [2.05, 4.69) is 5.10 Å². The van der Waals surface area contributed by atoms with E-state index in [0.29, 0.717) is 17.9 Å². The molecule has 0 spiro atoms. The Bertz CT molecular complexity index is 831. The number of aromatic nitrogens is 2. The normalized spacial score (nSPS) is 25.1. The number of nitrogens with zero attached hydrogens (tertiary/aromatic N) is 3. The standard InChI is InChI=1S/C20H23N3O3/c1-13-11-15(7-8-16(13)22-10-4-9-21-22)19(24)23-17-6-3-2-5-14(17)12-18(23)20(25)26/h4,7-11,14,17-18H,2-3,5-6,12H2,1H3,(H,25,26). The molecular weight excluding hydrogens is 330 g/mol. The lowest BCUT2D eigenvalue weighted by Gasteiger charge is -2.33. The summed E-state index contributed by atoms with van der Waals surface area (Å²) in [5.41, 5.74) is 2.40. The molecule has 1 aliphatic carbocycles. The van der Waals surface area contributed by atoms with Crippen molar-refractivity contribution in [3.8, 4) is 5.69 Å². The van der Waals surface area contributed by atoms with Crippen LogP contribution in [0.5, 0.6) is 0 Å². The number of carboxylic acids is 1. The topological polar surface area (TPSA) is 75.4 Å². The van der Waals surface area contributed by atoms with E-state index in [1.165, 1.54) is 0 Å². The van der Waals surface area contributed by atoms with Crippen molar-refractivity contribution in [2.75, 3.05) is 0 Å². The van der Waals surface area contributed by atoms with E-state index in [-0.39, 0.29) is 11.9 Å². The second-order valence-corrected chi connectivity index (χ2v) is 7.37. The molecule has 1 saturated heterocycles. The quantitative estimate of drug-likeness (QED) is 0.920. The third kappa shape index (κ3) is 2.79. The lowest BCUT2D eigenvalue weighted by Crippen LogP contribution is -2.46. The van der Waals surface area contributed by atoms with E-state index in [1.54, 1.807) is 21.8 Å². The summed E-state index contributed by atoms with van der Waals surface area (Å²) in [4.78, 5) is 26.6. The fraction of sp³-hybridized carbons (Fsp3) is 0.450. The first-order valence-corrected chi connectivity index (χ1v) is 9.22. The van der Waals surface area contributed by atoms with Gasteiger partial charge in [0.1, 0.15) is 6.04 Å². The van der Waals surface area contributed by atoms with Crippen LogP contribution in [0.2, 0.25) is 0 Å². The summed E-state index contributed by atoms with van der Waals surface area (Å²) < 4.78 is 1.76. The molecule has 6 nitrogen and oxygen atoms in total. The van der Waals surface area contributed by atoms with Gasteiger partial charge in [-0.2, -0.15) is 5.10 Å². The number of amides is 1. The first kappa shape index (κ1) is 16.8. The van der Waals surface area contributed by atoms with Gasteiger partial charge in [0.25, 0.3) is 5.91 Å². The fourth-order valence-corrected chi connectivity index (χ4v) is 4.58. The number of benzene rings is 1. The number of aryl methyl sites for hydroxylation is 1. The third-order valence-electron chi connectivity index (χ3n) is 5.80. The van der Waals surface area contributed by atoms with Crippen LogP contribution in [0, 0.1) is 12.8 Å². The Morgan fingerprint density at radius 1 is 1.23 bits per heavy atom. The fourth-order valence-electron chi connectivity index (χ4n) is 4.58. The van der Waals surface area contributed by atoms with Crippen LogP contribution in [-0.2, 0) is 4.79 Å². The van der Waals surface area contributed by atoms with Crippen LogP contribution in [0.3, 0.4) is 0 Å².